The highest BCUT2D eigenvalue weighted by Crippen LogP contribution is 2.54. The van der Waals surface area contributed by atoms with Crippen LogP contribution in [0.3, 0.4) is 0 Å². The molecule has 0 bridgehead atoms. The molecule has 15 nitrogen and oxygen atoms in total. The largest absolute Gasteiger partial charge is 0.480 e. The number of nitro groups is 3. The maximum atomic E-state index is 12.9. The highest BCUT2D eigenvalue weighted by Gasteiger charge is 2.70. The van der Waals surface area contributed by atoms with Crippen molar-refractivity contribution in [1.29, 1.82) is 0 Å². The molecule has 1 aromatic carbocycles. The number of non-ortho nitro benzene ring substituents is 1. The molecule has 2 fully saturated rings. The van der Waals surface area contributed by atoms with Gasteiger partial charge in [0.05, 0.1) is 26.9 Å². The van der Waals surface area contributed by atoms with Crippen LogP contribution in [0.4, 0.5) is 17.1 Å². The Bertz CT molecular complexity index is 1090. The normalized spacial score (nSPS) is 25.5. The molecule has 0 radical (unpaired) electrons. The number of carbonyl (C=O) groups excluding carboxylic acids is 2. The van der Waals surface area contributed by atoms with Crippen LogP contribution in [0.2, 0.25) is 0 Å². The van der Waals surface area contributed by atoms with E-state index in [0.29, 0.717) is 12.1 Å². The fraction of sp³-hybridized carbons (Fsp3) is 0.438. The number of hydrogen-bond donors (Lipinski definition) is 2. The minimum atomic E-state index is -1.72. The fourth-order valence-corrected chi connectivity index (χ4v) is 5.51. The molecule has 32 heavy (non-hydrogen) atoms. The number of carbonyl (C=O) groups is 3. The molecule has 1 aromatic rings. The van der Waals surface area contributed by atoms with Crippen molar-refractivity contribution in [3.63, 3.8) is 0 Å². The zero-order valence-electron chi connectivity index (χ0n) is 16.6. The summed E-state index contributed by atoms with van der Waals surface area (Å²) in [5, 5.41) is 44.7. The van der Waals surface area contributed by atoms with Crippen molar-refractivity contribution in [2.75, 3.05) is 0 Å². The molecule has 2 aliphatic heterocycles. The lowest BCUT2D eigenvalue weighted by Gasteiger charge is -2.51. The van der Waals surface area contributed by atoms with E-state index in [2.05, 4.69) is 5.32 Å². The zero-order valence-corrected chi connectivity index (χ0v) is 17.4. The monoisotopic (exact) mass is 469 g/mol. The van der Waals surface area contributed by atoms with E-state index in [-0.39, 0.29) is 0 Å². The molecule has 0 aromatic heterocycles. The van der Waals surface area contributed by atoms with E-state index >= 15 is 0 Å². The summed E-state index contributed by atoms with van der Waals surface area (Å²) in [5.74, 6) is -3.41. The third-order valence-electron chi connectivity index (χ3n) is 5.30. The van der Waals surface area contributed by atoms with Gasteiger partial charge >= 0.3 is 5.97 Å². The summed E-state index contributed by atoms with van der Waals surface area (Å²) < 4.78 is -0.931. The molecule has 16 heteroatoms. The lowest BCUT2D eigenvalue weighted by Crippen LogP contribution is -2.78. The quantitative estimate of drug-likeness (QED) is 0.341. The summed E-state index contributed by atoms with van der Waals surface area (Å²) in [5.41, 5.74) is -6.10. The lowest BCUT2D eigenvalue weighted by molar-refractivity contribution is -0.403. The van der Waals surface area contributed by atoms with Gasteiger partial charge in [-0.1, -0.05) is 0 Å². The van der Waals surface area contributed by atoms with Crippen molar-refractivity contribution in [3.05, 3.63) is 48.0 Å². The molecule has 3 rings (SSSR count). The van der Waals surface area contributed by atoms with Crippen molar-refractivity contribution in [2.24, 2.45) is 0 Å². The fourth-order valence-electron chi connectivity index (χ4n) is 3.86. The lowest BCUT2D eigenvalue weighted by atomic mass is 9.86. The number of benzene rings is 1. The first kappa shape index (κ1) is 22.9. The van der Waals surface area contributed by atoms with Gasteiger partial charge in [-0.25, -0.2) is 4.79 Å². The van der Waals surface area contributed by atoms with Crippen LogP contribution < -0.4 is 5.32 Å². The van der Waals surface area contributed by atoms with E-state index < -0.39 is 76.9 Å². The topological polar surface area (TPSA) is 216 Å². The minimum Gasteiger partial charge on any atom is -0.480 e. The van der Waals surface area contributed by atoms with Crippen molar-refractivity contribution in [2.45, 2.75) is 42.5 Å². The van der Waals surface area contributed by atoms with Crippen LogP contribution in [-0.4, -0.2) is 64.3 Å². The van der Waals surface area contributed by atoms with Gasteiger partial charge in [-0.05, 0) is 20.8 Å². The van der Waals surface area contributed by atoms with E-state index in [4.69, 9.17) is 0 Å². The van der Waals surface area contributed by atoms with Gasteiger partial charge in [-0.3, -0.25) is 39.9 Å². The zero-order chi connectivity index (χ0) is 24.3. The maximum Gasteiger partial charge on any atom is 0.327 e. The molecule has 0 spiro atoms. The van der Waals surface area contributed by atoms with E-state index in [0.717, 1.165) is 16.7 Å². The second-order valence-electron chi connectivity index (χ2n) is 7.81. The van der Waals surface area contributed by atoms with E-state index in [1.54, 1.807) is 13.8 Å². The van der Waals surface area contributed by atoms with Crippen LogP contribution in [0.1, 0.15) is 31.1 Å². The summed E-state index contributed by atoms with van der Waals surface area (Å²) in [6.45, 7) is 4.46. The molecule has 2 saturated heterocycles. The number of nitrogens with one attached hydrogen (secondary N) is 1. The second kappa shape index (κ2) is 7.11. The molecule has 2 N–H and O–H groups in total. The number of β-lactam (4-membered cyclic amide) rings is 1. The SMILES string of the molecule is CC1(C)S[C@H]2N(C(=O)C2(C)NC(=O)c2c([N+](=O)[O-])cc([N+](=O)[O-])cc2[N+](=O)[O-])[C@H]1C(=O)O. The molecule has 0 saturated carbocycles. The Hall–Kier alpha value is -3.82. The van der Waals surface area contributed by atoms with Crippen LogP contribution >= 0.6 is 11.8 Å². The number of nitrogens with zero attached hydrogens (tertiary/aromatic N) is 4. The molecule has 170 valence electrons. The Morgan fingerprint density at radius 3 is 1.97 bits per heavy atom. The van der Waals surface area contributed by atoms with Gasteiger partial charge in [0.2, 0.25) is 0 Å². The van der Waals surface area contributed by atoms with Crippen LogP contribution in [0.25, 0.3) is 0 Å². The Morgan fingerprint density at radius 2 is 1.56 bits per heavy atom. The van der Waals surface area contributed by atoms with E-state index in [1.807, 2.05) is 0 Å². The molecular formula is C16H15N5O10S. The number of thioether (sulfide) groups is 1. The first-order valence-electron chi connectivity index (χ1n) is 8.80. The van der Waals surface area contributed by atoms with Gasteiger partial charge < -0.3 is 15.3 Å². The summed E-state index contributed by atoms with van der Waals surface area (Å²) >= 11 is 1.08. The Morgan fingerprint density at radius 1 is 1.06 bits per heavy atom. The number of rotatable bonds is 6. The first-order valence-corrected chi connectivity index (χ1v) is 9.68. The maximum absolute atomic E-state index is 12.9. The summed E-state index contributed by atoms with van der Waals surface area (Å²) in [6, 6.07) is -0.377. The van der Waals surface area contributed by atoms with Gasteiger partial charge in [-0.15, -0.1) is 11.8 Å². The minimum absolute atomic E-state index is 0.410. The number of carboxylic acids is 1. The van der Waals surface area contributed by atoms with Crippen molar-refractivity contribution in [1.82, 2.24) is 10.2 Å². The van der Waals surface area contributed by atoms with Gasteiger partial charge in [0.15, 0.2) is 5.56 Å². The smallest absolute Gasteiger partial charge is 0.327 e. The van der Waals surface area contributed by atoms with Crippen LogP contribution in [-0.2, 0) is 9.59 Å². The van der Waals surface area contributed by atoms with Gasteiger partial charge in [0, 0.05) is 4.75 Å². The standard InChI is InChI=1S/C16H15N5O10S/c1-15(2)10(12(23)24)18-13(25)16(3,14(18)32-15)17-11(22)9-7(20(28)29)4-6(19(26)27)5-8(9)21(30)31/h4-5,10,14H,1-3H3,(H,17,22)(H,23,24)/t10-,14+,16?/m0/s1. The summed E-state index contributed by atoms with van der Waals surface area (Å²) in [7, 11) is 0. The van der Waals surface area contributed by atoms with Crippen molar-refractivity contribution in [3.8, 4) is 0 Å². The van der Waals surface area contributed by atoms with Crippen LogP contribution in [0.15, 0.2) is 12.1 Å². The van der Waals surface area contributed by atoms with E-state index in [9.17, 15) is 49.8 Å². The average molecular weight is 469 g/mol. The number of fused-ring (bicyclic) bond motifs is 1. The molecule has 0 aliphatic carbocycles. The number of nitro benzene ring substituents is 3. The average Bonchev–Trinajstić information content (AvgIpc) is 2.95. The van der Waals surface area contributed by atoms with Gasteiger partial charge in [0.25, 0.3) is 28.9 Å². The predicted octanol–water partition coefficient (Wildman–Crippen LogP) is 1.05. The first-order chi connectivity index (χ1) is 14.6. The Labute approximate surface area is 182 Å². The number of aliphatic carboxylic acids is 1. The second-order valence-corrected chi connectivity index (χ2v) is 9.55. The number of amides is 2. The van der Waals surface area contributed by atoms with E-state index in [1.165, 1.54) is 6.92 Å². The summed E-state index contributed by atoms with van der Waals surface area (Å²) in [4.78, 5) is 68.8. The predicted molar refractivity (Wildman–Crippen MR) is 106 cm³/mol. The highest BCUT2D eigenvalue weighted by atomic mass is 32.2. The highest BCUT2D eigenvalue weighted by molar-refractivity contribution is 8.01. The molecule has 2 heterocycles. The van der Waals surface area contributed by atoms with Crippen molar-refractivity contribution >= 4 is 46.6 Å². The number of hydrogen-bond acceptors (Lipinski definition) is 10. The van der Waals surface area contributed by atoms with Gasteiger partial charge in [0.1, 0.15) is 17.0 Å². The molecular weight excluding hydrogens is 454 g/mol. The van der Waals surface area contributed by atoms with Crippen LogP contribution in [0.5, 0.6) is 0 Å². The van der Waals surface area contributed by atoms with Gasteiger partial charge in [-0.2, -0.15) is 0 Å². The molecule has 2 amide bonds. The number of carboxylic acid groups (broad SMARTS) is 1. The molecule has 2 aliphatic rings. The summed E-state index contributed by atoms with van der Waals surface area (Å²) in [6.07, 6.45) is 0. The Balaban J connectivity index is 2.04. The third-order valence-corrected chi connectivity index (χ3v) is 7.05. The molecule has 3 atom stereocenters. The Kier molecular flexibility index (Phi) is 5.08. The molecule has 1 unspecified atom stereocenters. The van der Waals surface area contributed by atoms with Crippen LogP contribution in [0, 0.1) is 30.3 Å². The third kappa shape index (κ3) is 3.19. The van der Waals surface area contributed by atoms with Crippen molar-refractivity contribution < 1.29 is 34.3 Å².